The molecule has 0 aliphatic carbocycles. The summed E-state index contributed by atoms with van der Waals surface area (Å²) in [7, 11) is 0. The van der Waals surface area contributed by atoms with Gasteiger partial charge in [-0.25, -0.2) is 0 Å². The van der Waals surface area contributed by atoms with Crippen LogP contribution in [0.2, 0.25) is 0 Å². The molecule has 148 heavy (non-hydrogen) atoms. The zero-order valence-corrected chi connectivity index (χ0v) is 80.9. The average Bonchev–Trinajstić information content (AvgIpc) is 0.718. The van der Waals surface area contributed by atoms with Crippen LogP contribution >= 0.6 is 0 Å². The van der Waals surface area contributed by atoms with E-state index in [9.17, 15) is 0 Å². The lowest BCUT2D eigenvalue weighted by atomic mass is 9.42. The topological polar surface area (TPSA) is 16.2 Å². The van der Waals surface area contributed by atoms with Crippen molar-refractivity contribution in [2.75, 3.05) is 24.1 Å². The third-order valence-electron chi connectivity index (χ3n) is 33.0. The summed E-state index contributed by atoms with van der Waals surface area (Å²) in [5.74, 6) is 0. The second-order valence-corrected chi connectivity index (χ2v) is 40.4. The molecule has 10 heterocycles. The zero-order chi connectivity index (χ0) is 96.9. The summed E-state index contributed by atoms with van der Waals surface area (Å²) in [4.78, 5) is 12.8. The second kappa shape index (κ2) is 33.5. The summed E-state index contributed by atoms with van der Waals surface area (Å²) in [6.07, 6.45) is 0. The first-order chi connectivity index (χ1) is 73.6. The van der Waals surface area contributed by atoms with Gasteiger partial charge in [0, 0.05) is 112 Å². The van der Waals surface area contributed by atoms with Gasteiger partial charge < -0.3 is 24.1 Å². The number of rotatable bonds is 0. The van der Waals surface area contributed by atoms with Crippen molar-refractivity contribution in [3.8, 4) is 100 Å². The number of fused-ring (bicyclic) bond motifs is 59. The Morgan fingerprint density at radius 3 is 0.851 bits per heavy atom. The van der Waals surface area contributed by atoms with E-state index in [0.29, 0.717) is 0 Å². The smallest absolute Gasteiger partial charge is 0.330 e. The quantitative estimate of drug-likeness (QED) is 0.111. The normalized spacial score (nSPS) is 13.3. The van der Waals surface area contributed by atoms with E-state index in [1.165, 1.54) is 276 Å². The molecule has 25 aromatic rings. The summed E-state index contributed by atoms with van der Waals surface area (Å²) in [6.45, 7) is 0.888. The summed E-state index contributed by atoms with van der Waals surface area (Å²) in [6, 6.07) is 196. The molecule has 0 unspecified atom stereocenters. The van der Waals surface area contributed by atoms with Crippen molar-refractivity contribution in [1.82, 2.24) is 0 Å². The van der Waals surface area contributed by atoms with Crippen LogP contribution in [0.5, 0.6) is 0 Å². The van der Waals surface area contributed by atoms with Crippen molar-refractivity contribution >= 4 is 210 Å². The molecular weight excluding hydrogens is 1780 g/mol. The van der Waals surface area contributed by atoms with Crippen molar-refractivity contribution in [2.24, 2.45) is 0 Å². The molecule has 0 saturated carbocycles. The second-order valence-electron chi connectivity index (χ2n) is 40.4. The third kappa shape index (κ3) is 12.5. The molecule has 10 aliphatic heterocycles. The van der Waals surface area contributed by atoms with Crippen LogP contribution in [0, 0.1) is 0 Å². The van der Waals surface area contributed by atoms with Gasteiger partial charge in [-0.15, -0.1) is 0 Å². The zero-order valence-electron chi connectivity index (χ0n) is 80.9. The van der Waals surface area contributed by atoms with E-state index in [1.54, 1.807) is 0 Å². The lowest BCUT2D eigenvalue weighted by Gasteiger charge is -2.43. The molecule has 0 spiro atoms. The van der Waals surface area contributed by atoms with Crippen molar-refractivity contribution in [3.63, 3.8) is 0 Å². The molecule has 35 rings (SSSR count). The summed E-state index contributed by atoms with van der Waals surface area (Å²) in [5, 5.41) is 15.9. The van der Waals surface area contributed by atoms with Crippen LogP contribution < -0.4 is 78.7 Å². The van der Waals surface area contributed by atoms with Gasteiger partial charge in [-0.05, 0) is 231 Å². The Balaban J connectivity index is 0.0000000836. The van der Waals surface area contributed by atoms with Gasteiger partial charge in [0.1, 0.15) is 0 Å². The molecule has 0 radical (unpaired) electrons. The Bertz CT molecular complexity index is 9410. The fourth-order valence-corrected chi connectivity index (χ4v) is 27.1. The maximum absolute atomic E-state index is 2.56. The van der Waals surface area contributed by atoms with Crippen LogP contribution in [0.25, 0.3) is 165 Å². The van der Waals surface area contributed by atoms with Gasteiger partial charge in [0.2, 0.25) is 0 Å². The van der Waals surface area contributed by atoms with E-state index in [2.05, 4.69) is 558 Å². The molecule has 0 fully saturated rings. The largest absolute Gasteiger partial charge is 0.376 e. The third-order valence-corrected chi connectivity index (χ3v) is 33.0. The van der Waals surface area contributed by atoms with Crippen LogP contribution in [0.4, 0.5) is 56.9 Å². The first-order valence-corrected chi connectivity index (χ1v) is 51.8. The van der Waals surface area contributed by atoms with E-state index >= 15 is 0 Å². The minimum absolute atomic E-state index is 0.159. The van der Waals surface area contributed by atoms with Crippen LogP contribution in [0.1, 0.15) is 0 Å². The highest BCUT2D eigenvalue weighted by Gasteiger charge is 2.49. The molecule has 10 heteroatoms. The Morgan fingerprint density at radius 1 is 0.115 bits per heavy atom. The number of anilines is 10. The molecular formula is C138H88B5N5. The minimum atomic E-state index is 0.159. The van der Waals surface area contributed by atoms with Crippen LogP contribution in [0.15, 0.2) is 534 Å². The average molecular weight is 1870 g/mol. The molecule has 25 aromatic carbocycles. The fraction of sp³-hybridized carbons (Fsp3) is 0. The first kappa shape index (κ1) is 83.9. The van der Waals surface area contributed by atoms with E-state index in [-0.39, 0.29) is 34.2 Å². The standard InChI is InChI=1S/4C28H18BN.C26H16BN/c1-2-10-20-19(9-1)17-18-27-28(20)23-13-4-7-15-25(23)29-24-14-6-3-11-21(24)22-12-5-8-16-26(22)30(27)29;1-2-10-20-18-26-24(17-19(20)9-1)23-13-5-8-16-28(23)30-27-15-7-4-12-22(27)21-11-3-6-14-25(21)29(26)30;1-2-10-20-19(9-1)17-18-24-23-13-5-8-16-27(23)30-26-15-7-4-12-22(26)21-11-3-6-14-25(21)29(30)28(20)24;1-2-10-20-19(9-1)17-18-25-28(20)23-13-5-8-16-27(23)30-26-15-7-4-12-22(26)21-11-3-6-14-24(21)29(25)30;1-3-11-21-19(9-1)20-10-2-4-13-23(20)28-24-14-6-8-18-16-15-17-7-5-12-22(27(21)28)25(17)26(18)24/h4*1-18H;1-16H. The Kier molecular flexibility index (Phi) is 19.0. The van der Waals surface area contributed by atoms with Crippen molar-refractivity contribution in [1.29, 1.82) is 0 Å². The van der Waals surface area contributed by atoms with Gasteiger partial charge >= 0.3 is 34.2 Å². The molecule has 10 aliphatic rings. The van der Waals surface area contributed by atoms with E-state index < -0.39 is 0 Å². The summed E-state index contributed by atoms with van der Waals surface area (Å²) >= 11 is 0. The van der Waals surface area contributed by atoms with Gasteiger partial charge in [-0.2, -0.15) is 0 Å². The predicted octanol–water partition coefficient (Wildman–Crippen LogP) is 28.2. The SMILES string of the molecule is c1ccc2c(c1)B1c3c(ccc4ccccc34)-c3ccccc3N1c1ccccc1-2.c1ccc2c(c1)B1c3cc4ccccc4cc3-c3ccccc3N1c1ccccc1-2.c1ccc2c(c1)B1c3ccc4ccccc4c3-c3ccccc3N1c1ccccc1-2.c1ccc2c(c1)B1c3cccc4ccc5cccc(c5c34)N1c1ccccc1-2.c1ccc2c(c1)B1c3ccccc3-c3c(ccc4ccccc34)N1c1ccccc1-2. The highest BCUT2D eigenvalue weighted by Crippen LogP contribution is 2.55. The van der Waals surface area contributed by atoms with Gasteiger partial charge in [0.15, 0.2) is 0 Å². The van der Waals surface area contributed by atoms with Gasteiger partial charge in [-0.3, -0.25) is 0 Å². The molecule has 0 aromatic heterocycles. The van der Waals surface area contributed by atoms with E-state index in [0.717, 1.165) is 0 Å². The van der Waals surface area contributed by atoms with Crippen molar-refractivity contribution in [2.45, 2.75) is 0 Å². The number of para-hydroxylation sites is 8. The number of nitrogens with zero attached hydrogens (tertiary/aromatic N) is 5. The van der Waals surface area contributed by atoms with Crippen molar-refractivity contribution in [3.05, 3.63) is 534 Å². The highest BCUT2D eigenvalue weighted by molar-refractivity contribution is 6.96. The van der Waals surface area contributed by atoms with Crippen LogP contribution in [0.3, 0.4) is 0 Å². The van der Waals surface area contributed by atoms with Gasteiger partial charge in [0.05, 0.1) is 0 Å². The molecule has 0 bridgehead atoms. The molecule has 5 nitrogen and oxygen atoms in total. The molecule has 680 valence electrons. The predicted molar refractivity (Wildman–Crippen MR) is 634 cm³/mol. The molecule has 0 amide bonds. The lowest BCUT2D eigenvalue weighted by molar-refractivity contribution is 1.35. The number of benzene rings is 25. The molecule has 0 saturated heterocycles. The van der Waals surface area contributed by atoms with Crippen LogP contribution in [-0.2, 0) is 0 Å². The van der Waals surface area contributed by atoms with E-state index in [1.807, 2.05) is 0 Å². The number of hydrogen-bond donors (Lipinski definition) is 0. The van der Waals surface area contributed by atoms with Crippen LogP contribution in [-0.4, -0.2) is 34.2 Å². The van der Waals surface area contributed by atoms with Crippen molar-refractivity contribution < 1.29 is 0 Å². The Labute approximate surface area is 862 Å². The minimum Gasteiger partial charge on any atom is -0.376 e. The maximum atomic E-state index is 2.56. The number of hydrogen-bond acceptors (Lipinski definition) is 5. The highest BCUT2D eigenvalue weighted by atomic mass is 15.1. The van der Waals surface area contributed by atoms with Gasteiger partial charge in [0.25, 0.3) is 0 Å². The maximum Gasteiger partial charge on any atom is 0.330 e. The van der Waals surface area contributed by atoms with E-state index in [4.69, 9.17) is 0 Å². The fourth-order valence-electron chi connectivity index (χ4n) is 27.1. The monoisotopic (exact) mass is 1870 g/mol. The van der Waals surface area contributed by atoms with Gasteiger partial charge in [-0.1, -0.05) is 467 Å². The Hall–Kier alpha value is -18.6. The molecule has 0 N–H and O–H groups in total. The first-order valence-electron chi connectivity index (χ1n) is 51.8. The molecule has 0 atom stereocenters. The Morgan fingerprint density at radius 2 is 0.378 bits per heavy atom. The summed E-state index contributed by atoms with van der Waals surface area (Å²) < 4.78 is 0. The lowest BCUT2D eigenvalue weighted by Crippen LogP contribution is -2.59. The summed E-state index contributed by atoms with van der Waals surface area (Å²) in [5.41, 5.74) is 50.7.